The molecule has 0 aromatic carbocycles. The lowest BCUT2D eigenvalue weighted by atomic mass is 10.3. The summed E-state index contributed by atoms with van der Waals surface area (Å²) in [5.41, 5.74) is 6.91. The zero-order chi connectivity index (χ0) is 8.53. The Kier molecular flexibility index (Phi) is 7.83. The van der Waals surface area contributed by atoms with Gasteiger partial charge in [0.1, 0.15) is 0 Å². The smallest absolute Gasteiger partial charge is 0.0558 e. The van der Waals surface area contributed by atoms with Crippen LogP contribution in [0.3, 0.4) is 0 Å². The van der Waals surface area contributed by atoms with Crippen LogP contribution in [0.5, 0.6) is 0 Å². The lowest BCUT2D eigenvalue weighted by Gasteiger charge is -2.18. The van der Waals surface area contributed by atoms with Crippen LogP contribution in [0.2, 0.25) is 0 Å². The van der Waals surface area contributed by atoms with E-state index in [1.54, 1.807) is 0 Å². The largest absolute Gasteiger partial charge is 0.395 e. The van der Waals surface area contributed by atoms with E-state index in [4.69, 9.17) is 15.9 Å². The molecule has 0 bridgehead atoms. The van der Waals surface area contributed by atoms with Crippen LogP contribution in [0, 0.1) is 0 Å². The molecule has 0 amide bonds. The highest BCUT2D eigenvalue weighted by Gasteiger charge is 2.00. The molecule has 0 saturated heterocycles. The van der Waals surface area contributed by atoms with E-state index in [9.17, 15) is 0 Å². The fourth-order valence-corrected chi connectivity index (χ4v) is 0.921. The molecule has 4 nitrogen and oxygen atoms in total. The molecule has 0 saturated carbocycles. The molecule has 0 aromatic rings. The van der Waals surface area contributed by atoms with Crippen molar-refractivity contribution in [2.24, 2.45) is 0 Å². The molecule has 0 unspecified atom stereocenters. The quantitative estimate of drug-likeness (QED) is 0.500. The van der Waals surface area contributed by atoms with Gasteiger partial charge in [0.15, 0.2) is 0 Å². The minimum atomic E-state index is 0.123. The molecular formula is C7H17N2O2. The Balaban J connectivity index is 3.34. The molecule has 0 atom stereocenters. The topological polar surface area (TPSA) is 67.5 Å². The van der Waals surface area contributed by atoms with E-state index in [1.807, 2.05) is 4.90 Å². The van der Waals surface area contributed by atoms with E-state index >= 15 is 0 Å². The number of nitrogens with one attached hydrogen (secondary N) is 1. The fourth-order valence-electron chi connectivity index (χ4n) is 0.921. The van der Waals surface area contributed by atoms with Crippen LogP contribution in [0.4, 0.5) is 0 Å². The number of nitrogens with zero attached hydrogens (tertiary/aromatic N) is 1. The van der Waals surface area contributed by atoms with Gasteiger partial charge in [-0.15, -0.1) is 0 Å². The van der Waals surface area contributed by atoms with Crippen molar-refractivity contribution in [1.29, 1.82) is 0 Å². The van der Waals surface area contributed by atoms with Gasteiger partial charge >= 0.3 is 0 Å². The first-order valence-electron chi connectivity index (χ1n) is 3.93. The monoisotopic (exact) mass is 161 g/mol. The standard InChI is InChI=1S/C7H17N2O2/c8-2-1-3-9(4-6-10)5-7-11/h8,10-11H,1-7H2. The summed E-state index contributed by atoms with van der Waals surface area (Å²) < 4.78 is 0. The van der Waals surface area contributed by atoms with Crippen LogP contribution in [-0.2, 0) is 0 Å². The summed E-state index contributed by atoms with van der Waals surface area (Å²) in [6, 6.07) is 0. The summed E-state index contributed by atoms with van der Waals surface area (Å²) in [6.07, 6.45) is 0.806. The van der Waals surface area contributed by atoms with E-state index in [-0.39, 0.29) is 13.2 Å². The maximum atomic E-state index is 8.59. The van der Waals surface area contributed by atoms with Crippen LogP contribution in [-0.4, -0.2) is 54.5 Å². The number of hydrogen-bond donors (Lipinski definition) is 2. The Bertz CT molecular complexity index is 74.8. The molecule has 3 N–H and O–H groups in total. The molecule has 0 spiro atoms. The third-order valence-electron chi connectivity index (χ3n) is 1.48. The molecule has 0 aliphatic heterocycles. The lowest BCUT2D eigenvalue weighted by molar-refractivity contribution is 0.160. The minimum Gasteiger partial charge on any atom is -0.395 e. The van der Waals surface area contributed by atoms with Crippen molar-refractivity contribution in [3.8, 4) is 0 Å². The van der Waals surface area contributed by atoms with E-state index in [1.165, 1.54) is 0 Å². The third kappa shape index (κ3) is 6.25. The van der Waals surface area contributed by atoms with Crippen molar-refractivity contribution in [1.82, 2.24) is 10.6 Å². The fraction of sp³-hybridized carbons (Fsp3) is 1.00. The molecular weight excluding hydrogens is 144 g/mol. The highest BCUT2D eigenvalue weighted by atomic mass is 16.3. The summed E-state index contributed by atoms with van der Waals surface area (Å²) in [5.74, 6) is 0. The van der Waals surface area contributed by atoms with Gasteiger partial charge in [0.05, 0.1) is 13.2 Å². The number of aliphatic hydroxyl groups excluding tert-OH is 2. The highest BCUT2D eigenvalue weighted by molar-refractivity contribution is 4.56. The maximum absolute atomic E-state index is 8.59. The molecule has 0 aromatic heterocycles. The molecule has 0 aliphatic carbocycles. The zero-order valence-electron chi connectivity index (χ0n) is 6.79. The van der Waals surface area contributed by atoms with Crippen LogP contribution in [0.25, 0.3) is 0 Å². The SMILES string of the molecule is [NH]CCCN(CCO)CCO. The zero-order valence-corrected chi connectivity index (χ0v) is 6.79. The Morgan fingerprint density at radius 1 is 1.00 bits per heavy atom. The Morgan fingerprint density at radius 2 is 1.55 bits per heavy atom. The summed E-state index contributed by atoms with van der Waals surface area (Å²) in [6.45, 7) is 2.65. The average molecular weight is 161 g/mol. The van der Waals surface area contributed by atoms with Gasteiger partial charge in [-0.2, -0.15) is 0 Å². The van der Waals surface area contributed by atoms with Gasteiger partial charge in [-0.05, 0) is 13.0 Å². The van der Waals surface area contributed by atoms with E-state index in [2.05, 4.69) is 0 Å². The predicted molar refractivity (Wildman–Crippen MR) is 43.2 cm³/mol. The number of hydrogen-bond acceptors (Lipinski definition) is 3. The summed E-state index contributed by atoms with van der Waals surface area (Å²) >= 11 is 0. The first-order chi connectivity index (χ1) is 5.35. The Labute approximate surface area is 67.6 Å². The third-order valence-corrected chi connectivity index (χ3v) is 1.48. The maximum Gasteiger partial charge on any atom is 0.0558 e. The van der Waals surface area contributed by atoms with E-state index in [0.29, 0.717) is 19.6 Å². The lowest BCUT2D eigenvalue weighted by Crippen LogP contribution is -2.31. The van der Waals surface area contributed by atoms with Crippen molar-refractivity contribution in [3.05, 3.63) is 0 Å². The predicted octanol–water partition coefficient (Wildman–Crippen LogP) is -1.05. The van der Waals surface area contributed by atoms with Crippen LogP contribution >= 0.6 is 0 Å². The summed E-state index contributed by atoms with van der Waals surface area (Å²) in [4.78, 5) is 1.95. The van der Waals surface area contributed by atoms with Gasteiger partial charge in [-0.3, -0.25) is 10.6 Å². The first kappa shape index (κ1) is 10.8. The van der Waals surface area contributed by atoms with Crippen LogP contribution in [0.1, 0.15) is 6.42 Å². The molecule has 67 valence electrons. The molecule has 0 fully saturated rings. The van der Waals surface area contributed by atoms with Crippen LogP contribution < -0.4 is 5.73 Å². The second-order valence-electron chi connectivity index (χ2n) is 2.39. The van der Waals surface area contributed by atoms with Gasteiger partial charge in [-0.25, -0.2) is 0 Å². The number of rotatable bonds is 7. The van der Waals surface area contributed by atoms with Gasteiger partial charge in [-0.1, -0.05) is 0 Å². The second-order valence-corrected chi connectivity index (χ2v) is 2.39. The molecule has 11 heavy (non-hydrogen) atoms. The van der Waals surface area contributed by atoms with Crippen molar-refractivity contribution in [3.63, 3.8) is 0 Å². The molecule has 0 aliphatic rings. The minimum absolute atomic E-state index is 0.123. The Morgan fingerprint density at radius 3 is 1.91 bits per heavy atom. The highest BCUT2D eigenvalue weighted by Crippen LogP contribution is 1.88. The normalized spacial score (nSPS) is 10.9. The first-order valence-corrected chi connectivity index (χ1v) is 3.93. The molecule has 4 heteroatoms. The van der Waals surface area contributed by atoms with Crippen molar-refractivity contribution in [2.45, 2.75) is 6.42 Å². The van der Waals surface area contributed by atoms with Gasteiger partial charge in [0.2, 0.25) is 0 Å². The second kappa shape index (κ2) is 7.94. The van der Waals surface area contributed by atoms with Crippen LogP contribution in [0.15, 0.2) is 0 Å². The van der Waals surface area contributed by atoms with Crippen molar-refractivity contribution >= 4 is 0 Å². The van der Waals surface area contributed by atoms with Gasteiger partial charge < -0.3 is 10.2 Å². The van der Waals surface area contributed by atoms with E-state index in [0.717, 1.165) is 13.0 Å². The molecule has 0 heterocycles. The van der Waals surface area contributed by atoms with Crippen molar-refractivity contribution in [2.75, 3.05) is 39.4 Å². The molecule has 0 rings (SSSR count). The average Bonchev–Trinajstić information content (AvgIpc) is 2.01. The molecule has 1 radical (unpaired) electrons. The number of aliphatic hydroxyl groups is 2. The summed E-state index contributed by atoms with van der Waals surface area (Å²) in [7, 11) is 0. The van der Waals surface area contributed by atoms with Crippen molar-refractivity contribution < 1.29 is 10.2 Å². The summed E-state index contributed by atoms with van der Waals surface area (Å²) in [5, 5.41) is 17.2. The van der Waals surface area contributed by atoms with E-state index < -0.39 is 0 Å². The van der Waals surface area contributed by atoms with Gasteiger partial charge in [0, 0.05) is 19.6 Å². The Hall–Kier alpha value is -0.160. The van der Waals surface area contributed by atoms with Gasteiger partial charge in [0.25, 0.3) is 0 Å².